The summed E-state index contributed by atoms with van der Waals surface area (Å²) in [5, 5.41) is 5.59. The van der Waals surface area contributed by atoms with Gasteiger partial charge in [-0.3, -0.25) is 0 Å². The second-order valence-electron chi connectivity index (χ2n) is 5.67. The normalized spacial score (nSPS) is 12.8. The predicted molar refractivity (Wildman–Crippen MR) is 93.1 cm³/mol. The monoisotopic (exact) mass is 302 g/mol. The number of nitrogens with one attached hydrogen (secondary N) is 1. The zero-order valence-corrected chi connectivity index (χ0v) is 14.1. The first-order valence-corrected chi connectivity index (χ1v) is 8.52. The highest BCUT2D eigenvalue weighted by atomic mass is 32.1. The van der Waals surface area contributed by atoms with Crippen molar-refractivity contribution in [1.82, 2.24) is 10.2 Å². The van der Waals surface area contributed by atoms with Gasteiger partial charge < -0.3 is 10.2 Å². The second-order valence-corrected chi connectivity index (χ2v) is 6.71. The molecule has 21 heavy (non-hydrogen) atoms. The maximum absolute atomic E-state index is 3.44. The summed E-state index contributed by atoms with van der Waals surface area (Å²) in [6.07, 6.45) is 2.30. The summed E-state index contributed by atoms with van der Waals surface area (Å²) in [6.45, 7) is 4.38. The smallest absolute Gasteiger partial charge is 0.0329 e. The third-order valence-electron chi connectivity index (χ3n) is 3.95. The number of hydrogen-bond acceptors (Lipinski definition) is 3. The molecule has 0 aliphatic carbocycles. The molecule has 0 bridgehead atoms. The van der Waals surface area contributed by atoms with Crippen molar-refractivity contribution in [3.05, 3.63) is 57.8 Å². The number of likely N-dealkylation sites (N-methyl/N-ethyl adjacent to an activating group) is 1. The van der Waals surface area contributed by atoms with Crippen LogP contribution in [0.3, 0.4) is 0 Å². The van der Waals surface area contributed by atoms with E-state index in [0.717, 1.165) is 25.9 Å². The van der Waals surface area contributed by atoms with Gasteiger partial charge in [-0.05, 0) is 57.4 Å². The minimum atomic E-state index is 0.440. The molecule has 2 nitrogen and oxygen atoms in total. The van der Waals surface area contributed by atoms with E-state index >= 15 is 0 Å². The molecule has 0 fully saturated rings. The highest BCUT2D eigenvalue weighted by molar-refractivity contribution is 7.09. The minimum Gasteiger partial charge on any atom is -0.313 e. The van der Waals surface area contributed by atoms with Gasteiger partial charge in [0, 0.05) is 17.5 Å². The molecule has 0 saturated heterocycles. The van der Waals surface area contributed by atoms with Crippen LogP contribution in [0.4, 0.5) is 0 Å². The van der Waals surface area contributed by atoms with Crippen LogP contribution in [0.5, 0.6) is 0 Å². The summed E-state index contributed by atoms with van der Waals surface area (Å²) in [7, 11) is 4.27. The molecule has 0 aliphatic heterocycles. The average molecular weight is 302 g/mol. The average Bonchev–Trinajstić information content (AvgIpc) is 3.01. The van der Waals surface area contributed by atoms with Crippen molar-refractivity contribution in [1.29, 1.82) is 0 Å². The lowest BCUT2D eigenvalue weighted by Gasteiger charge is -2.21. The van der Waals surface area contributed by atoms with Crippen molar-refractivity contribution < 1.29 is 0 Å². The molecule has 1 unspecified atom stereocenters. The van der Waals surface area contributed by atoms with Crippen molar-refractivity contribution in [2.75, 3.05) is 27.2 Å². The number of aryl methyl sites for hydroxylation is 1. The molecule has 1 heterocycles. The molecular weight excluding hydrogens is 276 g/mol. The summed E-state index contributed by atoms with van der Waals surface area (Å²) >= 11 is 1.85. The first-order valence-electron chi connectivity index (χ1n) is 7.64. The summed E-state index contributed by atoms with van der Waals surface area (Å²) in [5.74, 6) is 0. The lowest BCUT2D eigenvalue weighted by Crippen LogP contribution is -2.27. The van der Waals surface area contributed by atoms with Crippen LogP contribution in [0, 0.1) is 6.92 Å². The molecule has 0 aliphatic rings. The van der Waals surface area contributed by atoms with Crippen LogP contribution in [-0.2, 0) is 6.42 Å². The Kier molecular flexibility index (Phi) is 6.43. The van der Waals surface area contributed by atoms with Gasteiger partial charge in [-0.1, -0.05) is 35.9 Å². The lowest BCUT2D eigenvalue weighted by molar-refractivity contribution is 0.315. The van der Waals surface area contributed by atoms with Crippen LogP contribution in [0.2, 0.25) is 0 Å². The summed E-state index contributed by atoms with van der Waals surface area (Å²) < 4.78 is 0. The Bertz CT molecular complexity index is 505. The molecule has 1 atom stereocenters. The van der Waals surface area contributed by atoms with Gasteiger partial charge >= 0.3 is 0 Å². The molecule has 0 spiro atoms. The predicted octanol–water partition coefficient (Wildman–Crippen LogP) is 3.88. The van der Waals surface area contributed by atoms with Gasteiger partial charge in [0.2, 0.25) is 0 Å². The zero-order valence-electron chi connectivity index (χ0n) is 13.3. The van der Waals surface area contributed by atoms with Crippen LogP contribution >= 0.6 is 11.3 Å². The number of benzene rings is 1. The quantitative estimate of drug-likeness (QED) is 0.796. The second kappa shape index (κ2) is 8.32. The first-order chi connectivity index (χ1) is 10.2. The van der Waals surface area contributed by atoms with Crippen LogP contribution < -0.4 is 5.32 Å². The van der Waals surface area contributed by atoms with Gasteiger partial charge in [-0.2, -0.15) is 0 Å². The van der Waals surface area contributed by atoms with E-state index in [0.29, 0.717) is 6.04 Å². The van der Waals surface area contributed by atoms with E-state index in [2.05, 4.69) is 73.0 Å². The molecular formula is C18H26N2S. The Morgan fingerprint density at radius 3 is 2.52 bits per heavy atom. The minimum absolute atomic E-state index is 0.440. The number of hydrogen-bond donors (Lipinski definition) is 1. The van der Waals surface area contributed by atoms with Gasteiger partial charge in [0.25, 0.3) is 0 Å². The van der Waals surface area contributed by atoms with Crippen molar-refractivity contribution in [3.63, 3.8) is 0 Å². The molecule has 2 rings (SSSR count). The van der Waals surface area contributed by atoms with Gasteiger partial charge in [-0.25, -0.2) is 0 Å². The van der Waals surface area contributed by atoms with E-state index in [1.54, 1.807) is 0 Å². The van der Waals surface area contributed by atoms with Crippen molar-refractivity contribution in [2.24, 2.45) is 0 Å². The Balaban J connectivity index is 1.78. The molecule has 1 aromatic carbocycles. The molecule has 1 aromatic heterocycles. The van der Waals surface area contributed by atoms with E-state index in [4.69, 9.17) is 0 Å². The molecule has 2 aromatic rings. The van der Waals surface area contributed by atoms with E-state index in [9.17, 15) is 0 Å². The Labute approximate surface area is 132 Å². The van der Waals surface area contributed by atoms with Gasteiger partial charge in [0.15, 0.2) is 0 Å². The number of thiophene rings is 1. The van der Waals surface area contributed by atoms with Crippen molar-refractivity contribution in [3.8, 4) is 0 Å². The van der Waals surface area contributed by atoms with Gasteiger partial charge in [0.05, 0.1) is 0 Å². The van der Waals surface area contributed by atoms with Crippen LogP contribution in [0.25, 0.3) is 0 Å². The summed E-state index contributed by atoms with van der Waals surface area (Å²) in [4.78, 5) is 3.91. The van der Waals surface area contributed by atoms with Gasteiger partial charge in [0.1, 0.15) is 0 Å². The van der Waals surface area contributed by atoms with E-state index in [-0.39, 0.29) is 0 Å². The fourth-order valence-electron chi connectivity index (χ4n) is 2.49. The SMILES string of the molecule is CNC(CCN(C)CCc1cccs1)c1ccc(C)cc1. The molecule has 114 valence electrons. The maximum Gasteiger partial charge on any atom is 0.0329 e. The van der Waals surface area contributed by atoms with Crippen molar-refractivity contribution in [2.45, 2.75) is 25.8 Å². The number of nitrogens with zero attached hydrogens (tertiary/aromatic N) is 1. The van der Waals surface area contributed by atoms with Crippen LogP contribution in [-0.4, -0.2) is 32.1 Å². The lowest BCUT2D eigenvalue weighted by atomic mass is 10.0. The number of rotatable bonds is 8. The van der Waals surface area contributed by atoms with Crippen LogP contribution in [0.15, 0.2) is 41.8 Å². The maximum atomic E-state index is 3.44. The Hall–Kier alpha value is -1.16. The standard InChI is InChI=1S/C18H26N2S/c1-15-6-8-16(9-7-15)18(19-2)11-13-20(3)12-10-17-5-4-14-21-17/h4-9,14,18-19H,10-13H2,1-3H3. The first kappa shape index (κ1) is 16.2. The molecule has 3 heteroatoms. The summed E-state index contributed by atoms with van der Waals surface area (Å²) in [6, 6.07) is 13.7. The van der Waals surface area contributed by atoms with Crippen LogP contribution in [0.1, 0.15) is 28.5 Å². The fraction of sp³-hybridized carbons (Fsp3) is 0.444. The molecule has 1 N–H and O–H groups in total. The highest BCUT2D eigenvalue weighted by Gasteiger charge is 2.10. The van der Waals surface area contributed by atoms with Crippen molar-refractivity contribution >= 4 is 11.3 Å². The van der Waals surface area contributed by atoms with E-state index in [1.165, 1.54) is 16.0 Å². The largest absolute Gasteiger partial charge is 0.313 e. The highest BCUT2D eigenvalue weighted by Crippen LogP contribution is 2.17. The topological polar surface area (TPSA) is 15.3 Å². The third kappa shape index (κ3) is 5.27. The van der Waals surface area contributed by atoms with Gasteiger partial charge in [-0.15, -0.1) is 11.3 Å². The Morgan fingerprint density at radius 1 is 1.14 bits per heavy atom. The third-order valence-corrected chi connectivity index (χ3v) is 4.88. The van der Waals surface area contributed by atoms with E-state index in [1.807, 2.05) is 11.3 Å². The Morgan fingerprint density at radius 2 is 1.90 bits per heavy atom. The molecule has 0 amide bonds. The summed E-state index contributed by atoms with van der Waals surface area (Å²) in [5.41, 5.74) is 2.71. The fourth-order valence-corrected chi connectivity index (χ4v) is 3.19. The molecule has 0 saturated carbocycles. The molecule has 0 radical (unpaired) electrons. The van der Waals surface area contributed by atoms with E-state index < -0.39 is 0 Å². The zero-order chi connectivity index (χ0) is 15.1.